The largest absolute Gasteiger partial charge is 0.309 e. The maximum absolute atomic E-state index is 2.44. The summed E-state index contributed by atoms with van der Waals surface area (Å²) >= 11 is 0. The Morgan fingerprint density at radius 1 is 0.250 bits per heavy atom. The van der Waals surface area contributed by atoms with E-state index in [1.807, 2.05) is 0 Å². The minimum absolute atomic E-state index is 1.17. The lowest BCUT2D eigenvalue weighted by Gasteiger charge is -2.15. The van der Waals surface area contributed by atoms with Gasteiger partial charge < -0.3 is 9.13 Å². The van der Waals surface area contributed by atoms with Crippen LogP contribution in [-0.4, -0.2) is 9.13 Å². The van der Waals surface area contributed by atoms with Gasteiger partial charge in [0, 0.05) is 32.9 Å². The van der Waals surface area contributed by atoms with Crippen molar-refractivity contribution in [1.82, 2.24) is 9.13 Å². The van der Waals surface area contributed by atoms with Crippen LogP contribution < -0.4 is 0 Å². The van der Waals surface area contributed by atoms with E-state index in [-0.39, 0.29) is 0 Å². The molecule has 0 N–H and O–H groups in total. The molecule has 2 nitrogen and oxygen atoms in total. The van der Waals surface area contributed by atoms with E-state index in [9.17, 15) is 0 Å². The minimum Gasteiger partial charge on any atom is -0.309 e. The molecule has 2 heteroatoms. The van der Waals surface area contributed by atoms with Crippen molar-refractivity contribution in [3.05, 3.63) is 206 Å². The van der Waals surface area contributed by atoms with Crippen LogP contribution in [-0.2, 0) is 0 Å². The molecular weight excluding hydrogens is 677 g/mol. The summed E-state index contributed by atoms with van der Waals surface area (Å²) in [5.74, 6) is 0. The lowest BCUT2D eigenvalue weighted by atomic mass is 9.91. The van der Waals surface area contributed by atoms with Crippen LogP contribution >= 0.6 is 0 Å². The topological polar surface area (TPSA) is 9.86 Å². The van der Waals surface area contributed by atoms with Gasteiger partial charge in [0.1, 0.15) is 0 Å². The summed E-state index contributed by atoms with van der Waals surface area (Å²) in [6.07, 6.45) is 0. The Morgan fingerprint density at radius 3 is 1.16 bits per heavy atom. The molecular formula is C54H34N2. The predicted molar refractivity (Wildman–Crippen MR) is 239 cm³/mol. The quantitative estimate of drug-likeness (QED) is 0.172. The molecule has 0 unspecified atom stereocenters. The molecule has 12 aromatic rings. The molecule has 0 bridgehead atoms. The van der Waals surface area contributed by atoms with Crippen molar-refractivity contribution in [2.75, 3.05) is 0 Å². The first-order valence-corrected chi connectivity index (χ1v) is 19.3. The summed E-state index contributed by atoms with van der Waals surface area (Å²) in [5, 5.41) is 12.5. The summed E-state index contributed by atoms with van der Waals surface area (Å²) in [5.41, 5.74) is 12.0. The average Bonchev–Trinajstić information content (AvgIpc) is 3.77. The Labute approximate surface area is 323 Å². The van der Waals surface area contributed by atoms with Gasteiger partial charge in [-0.25, -0.2) is 0 Å². The van der Waals surface area contributed by atoms with E-state index in [1.165, 1.54) is 110 Å². The highest BCUT2D eigenvalue weighted by Gasteiger charge is 2.18. The van der Waals surface area contributed by atoms with Crippen molar-refractivity contribution in [3.8, 4) is 33.6 Å². The fourth-order valence-corrected chi connectivity index (χ4v) is 9.29. The van der Waals surface area contributed by atoms with Gasteiger partial charge in [0.2, 0.25) is 0 Å². The number of aromatic nitrogens is 2. The smallest absolute Gasteiger partial charge is 0.0547 e. The molecule has 0 aliphatic heterocycles. The van der Waals surface area contributed by atoms with Crippen LogP contribution in [0.15, 0.2) is 206 Å². The van der Waals surface area contributed by atoms with Crippen molar-refractivity contribution in [2.45, 2.75) is 0 Å². The van der Waals surface area contributed by atoms with Crippen molar-refractivity contribution < 1.29 is 0 Å². The molecule has 0 amide bonds. The van der Waals surface area contributed by atoms with Gasteiger partial charge in [-0.2, -0.15) is 0 Å². The first kappa shape index (κ1) is 31.0. The van der Waals surface area contributed by atoms with Gasteiger partial charge in [0.05, 0.1) is 22.1 Å². The van der Waals surface area contributed by atoms with Crippen LogP contribution in [0.2, 0.25) is 0 Å². The second kappa shape index (κ2) is 12.0. The first-order chi connectivity index (χ1) is 27.8. The maximum Gasteiger partial charge on any atom is 0.0547 e. The average molecular weight is 711 g/mol. The van der Waals surface area contributed by atoms with Crippen molar-refractivity contribution >= 4 is 75.9 Å². The SMILES string of the molecule is c1ccc2cc(-n3c4ccccc4c4ccc(-c5cccc6cccc(-c7ccc8c9ccccc9n(-c9ccc%10ccccc%10c9)c8c7)c56)cc43)ccc2c1. The number of fused-ring (bicyclic) bond motifs is 9. The highest BCUT2D eigenvalue weighted by atomic mass is 15.0. The molecule has 0 atom stereocenters. The van der Waals surface area contributed by atoms with Crippen molar-refractivity contribution in [3.63, 3.8) is 0 Å². The Morgan fingerprint density at radius 2 is 0.661 bits per heavy atom. The zero-order valence-electron chi connectivity index (χ0n) is 30.5. The number of rotatable bonds is 4. The third-order valence-electron chi connectivity index (χ3n) is 11.9. The molecule has 260 valence electrons. The van der Waals surface area contributed by atoms with E-state index in [0.29, 0.717) is 0 Å². The third kappa shape index (κ3) is 4.63. The molecule has 0 saturated heterocycles. The summed E-state index contributed by atoms with van der Waals surface area (Å²) in [6, 6.07) is 76.0. The van der Waals surface area contributed by atoms with Gasteiger partial charge in [0.15, 0.2) is 0 Å². The number of para-hydroxylation sites is 2. The second-order valence-electron chi connectivity index (χ2n) is 14.9. The highest BCUT2D eigenvalue weighted by Crippen LogP contribution is 2.42. The van der Waals surface area contributed by atoms with E-state index < -0.39 is 0 Å². The van der Waals surface area contributed by atoms with E-state index in [1.54, 1.807) is 0 Å². The van der Waals surface area contributed by atoms with Gasteiger partial charge in [-0.15, -0.1) is 0 Å². The zero-order chi connectivity index (χ0) is 36.7. The van der Waals surface area contributed by atoms with E-state index in [0.717, 1.165) is 0 Å². The Balaban J connectivity index is 1.08. The normalized spacial score (nSPS) is 11.9. The number of benzene rings is 10. The van der Waals surface area contributed by atoms with Crippen LogP contribution in [0.4, 0.5) is 0 Å². The monoisotopic (exact) mass is 710 g/mol. The molecule has 10 aromatic carbocycles. The molecule has 0 saturated carbocycles. The number of hydrogen-bond donors (Lipinski definition) is 0. The molecule has 56 heavy (non-hydrogen) atoms. The van der Waals surface area contributed by atoms with Gasteiger partial charge in [0.25, 0.3) is 0 Å². The molecule has 0 fully saturated rings. The van der Waals surface area contributed by atoms with Gasteiger partial charge in [-0.05, 0) is 103 Å². The van der Waals surface area contributed by atoms with E-state index in [4.69, 9.17) is 0 Å². The summed E-state index contributed by atoms with van der Waals surface area (Å²) < 4.78 is 4.87. The Bertz CT molecular complexity index is 3310. The van der Waals surface area contributed by atoms with Gasteiger partial charge >= 0.3 is 0 Å². The number of hydrogen-bond acceptors (Lipinski definition) is 0. The van der Waals surface area contributed by atoms with Crippen LogP contribution in [0.5, 0.6) is 0 Å². The maximum atomic E-state index is 2.44. The first-order valence-electron chi connectivity index (χ1n) is 19.3. The summed E-state index contributed by atoms with van der Waals surface area (Å²) in [6.45, 7) is 0. The molecule has 0 spiro atoms. The third-order valence-corrected chi connectivity index (χ3v) is 11.9. The van der Waals surface area contributed by atoms with Crippen LogP contribution in [0.3, 0.4) is 0 Å². The van der Waals surface area contributed by atoms with E-state index in [2.05, 4.69) is 215 Å². The fourth-order valence-electron chi connectivity index (χ4n) is 9.29. The Hall–Kier alpha value is -7.42. The fraction of sp³-hybridized carbons (Fsp3) is 0. The Kier molecular flexibility index (Phi) is 6.66. The van der Waals surface area contributed by atoms with Crippen LogP contribution in [0.25, 0.3) is 110 Å². The summed E-state index contributed by atoms with van der Waals surface area (Å²) in [7, 11) is 0. The zero-order valence-corrected chi connectivity index (χ0v) is 30.5. The molecule has 0 aliphatic carbocycles. The molecule has 0 aliphatic rings. The van der Waals surface area contributed by atoms with Crippen LogP contribution in [0, 0.1) is 0 Å². The minimum atomic E-state index is 1.17. The van der Waals surface area contributed by atoms with Crippen molar-refractivity contribution in [2.24, 2.45) is 0 Å². The van der Waals surface area contributed by atoms with E-state index >= 15 is 0 Å². The van der Waals surface area contributed by atoms with Crippen molar-refractivity contribution in [1.29, 1.82) is 0 Å². The second-order valence-corrected chi connectivity index (χ2v) is 14.9. The lowest BCUT2D eigenvalue weighted by molar-refractivity contribution is 1.19. The summed E-state index contributed by atoms with van der Waals surface area (Å²) in [4.78, 5) is 0. The molecule has 2 aromatic heterocycles. The van der Waals surface area contributed by atoms with Gasteiger partial charge in [-0.3, -0.25) is 0 Å². The molecule has 2 heterocycles. The standard InChI is InChI=1S/C54H34N2/c1-3-13-38-31-42(27-23-35(38)11-1)55-50-21-7-5-17-46(50)48-29-25-40(33-52(48)55)44-19-9-15-37-16-10-20-45(54(37)44)41-26-30-49-47-18-6-8-22-51(47)56(53(49)34-41)43-28-24-36-12-2-4-14-39(36)32-43/h1-34H. The molecule has 12 rings (SSSR count). The predicted octanol–water partition coefficient (Wildman–Crippen LogP) is 14.7. The van der Waals surface area contributed by atoms with Gasteiger partial charge in [-0.1, -0.05) is 158 Å². The van der Waals surface area contributed by atoms with Crippen LogP contribution in [0.1, 0.15) is 0 Å². The molecule has 0 radical (unpaired) electrons. The highest BCUT2D eigenvalue weighted by molar-refractivity contribution is 6.14. The number of nitrogens with zero attached hydrogens (tertiary/aromatic N) is 2. The lowest BCUT2D eigenvalue weighted by Crippen LogP contribution is -1.95.